The molecule has 158 valence electrons. The molecule has 1 N–H and O–H groups in total. The molecule has 4 rings (SSSR count). The van der Waals surface area contributed by atoms with Gasteiger partial charge in [0.1, 0.15) is 16.0 Å². The number of rotatable bonds is 6. The van der Waals surface area contributed by atoms with Crippen LogP contribution in [0.25, 0.3) is 11.4 Å². The summed E-state index contributed by atoms with van der Waals surface area (Å²) >= 11 is 3.30. The van der Waals surface area contributed by atoms with Gasteiger partial charge in [-0.3, -0.25) is 4.79 Å². The summed E-state index contributed by atoms with van der Waals surface area (Å²) in [4.78, 5) is 16.0. The summed E-state index contributed by atoms with van der Waals surface area (Å²) in [5.74, 6) is -0.418. The van der Waals surface area contributed by atoms with Gasteiger partial charge < -0.3 is 9.84 Å². The van der Waals surface area contributed by atoms with Crippen molar-refractivity contribution in [3.63, 3.8) is 0 Å². The van der Waals surface area contributed by atoms with E-state index in [1.807, 2.05) is 26.1 Å². The fourth-order valence-electron chi connectivity index (χ4n) is 3.72. The standard InChI is InChI=1S/C19H22BrN7O3/c1-11-16(30-13-5-3-4-12(8-13)19(28)29)7-6-14(21-11)18-15(26(2)24-23-18)9-27-10-17(20)22-25-27/h6-7,10,12-13H,3-5,8-9H2,1-2H3,(H,28,29). The van der Waals surface area contributed by atoms with Crippen LogP contribution in [0.1, 0.15) is 37.1 Å². The van der Waals surface area contributed by atoms with Gasteiger partial charge in [0.2, 0.25) is 0 Å². The number of aliphatic carboxylic acids is 1. The van der Waals surface area contributed by atoms with E-state index in [-0.39, 0.29) is 12.0 Å². The quantitative estimate of drug-likeness (QED) is 0.577. The first kappa shape index (κ1) is 20.5. The Balaban J connectivity index is 1.53. The predicted octanol–water partition coefficient (Wildman–Crippen LogP) is 2.61. The van der Waals surface area contributed by atoms with Crippen molar-refractivity contribution < 1.29 is 14.6 Å². The van der Waals surface area contributed by atoms with E-state index in [9.17, 15) is 9.90 Å². The molecular formula is C19H22BrN7O3. The van der Waals surface area contributed by atoms with E-state index in [2.05, 4.69) is 41.5 Å². The summed E-state index contributed by atoms with van der Waals surface area (Å²) in [7, 11) is 1.82. The number of carboxylic acids is 1. The average molecular weight is 476 g/mol. The van der Waals surface area contributed by atoms with E-state index in [0.29, 0.717) is 41.1 Å². The molecule has 3 aromatic rings. The fraction of sp³-hybridized carbons (Fsp3) is 0.474. The Morgan fingerprint density at radius 1 is 1.30 bits per heavy atom. The Kier molecular flexibility index (Phi) is 5.80. The zero-order valence-electron chi connectivity index (χ0n) is 16.7. The lowest BCUT2D eigenvalue weighted by molar-refractivity contribution is -0.143. The number of hydrogen-bond donors (Lipinski definition) is 1. The minimum absolute atomic E-state index is 0.107. The lowest BCUT2D eigenvalue weighted by Gasteiger charge is -2.27. The van der Waals surface area contributed by atoms with Gasteiger partial charge in [-0.1, -0.05) is 10.4 Å². The van der Waals surface area contributed by atoms with Crippen LogP contribution in [-0.2, 0) is 18.4 Å². The summed E-state index contributed by atoms with van der Waals surface area (Å²) in [5.41, 5.74) is 2.94. The number of pyridine rings is 1. The molecule has 0 bridgehead atoms. The number of hydrogen-bond acceptors (Lipinski definition) is 7. The first-order chi connectivity index (χ1) is 14.4. The second-order valence-electron chi connectivity index (χ2n) is 7.47. The SMILES string of the molecule is Cc1nc(-c2nnn(C)c2Cn2cc(Br)nn2)ccc1OC1CCCC(C(=O)O)C1. The highest BCUT2D eigenvalue weighted by atomic mass is 79.9. The van der Waals surface area contributed by atoms with Gasteiger partial charge in [-0.2, -0.15) is 0 Å². The number of halogens is 1. The molecule has 1 aliphatic rings. The maximum atomic E-state index is 11.3. The van der Waals surface area contributed by atoms with Crippen LogP contribution in [-0.4, -0.2) is 52.2 Å². The molecule has 11 heteroatoms. The second kappa shape index (κ2) is 8.50. The van der Waals surface area contributed by atoms with Crippen LogP contribution in [0.15, 0.2) is 22.9 Å². The smallest absolute Gasteiger partial charge is 0.306 e. The molecule has 1 saturated carbocycles. The van der Waals surface area contributed by atoms with Crippen LogP contribution >= 0.6 is 15.9 Å². The summed E-state index contributed by atoms with van der Waals surface area (Å²) in [6.45, 7) is 2.33. The minimum Gasteiger partial charge on any atom is -0.489 e. The third-order valence-corrected chi connectivity index (χ3v) is 5.68. The summed E-state index contributed by atoms with van der Waals surface area (Å²) in [6, 6.07) is 3.72. The zero-order valence-corrected chi connectivity index (χ0v) is 18.3. The van der Waals surface area contributed by atoms with Crippen molar-refractivity contribution in [2.24, 2.45) is 13.0 Å². The highest BCUT2D eigenvalue weighted by Gasteiger charge is 2.28. The zero-order chi connectivity index (χ0) is 21.3. The third kappa shape index (κ3) is 4.35. The Labute approximate surface area is 181 Å². The Hall–Kier alpha value is -2.82. The summed E-state index contributed by atoms with van der Waals surface area (Å²) < 4.78 is 10.1. The molecule has 2 unspecified atom stereocenters. The molecule has 1 aliphatic carbocycles. The van der Waals surface area contributed by atoms with E-state index >= 15 is 0 Å². The van der Waals surface area contributed by atoms with Crippen LogP contribution in [0.5, 0.6) is 5.75 Å². The van der Waals surface area contributed by atoms with Gasteiger partial charge >= 0.3 is 5.97 Å². The van der Waals surface area contributed by atoms with Gasteiger partial charge in [0.25, 0.3) is 0 Å². The van der Waals surface area contributed by atoms with Crippen molar-refractivity contribution in [1.82, 2.24) is 35.0 Å². The molecule has 0 radical (unpaired) electrons. The highest BCUT2D eigenvalue weighted by Crippen LogP contribution is 2.30. The number of carbonyl (C=O) groups is 1. The highest BCUT2D eigenvalue weighted by molar-refractivity contribution is 9.10. The molecule has 0 amide bonds. The van der Waals surface area contributed by atoms with Gasteiger partial charge in [-0.25, -0.2) is 14.3 Å². The predicted molar refractivity (Wildman–Crippen MR) is 110 cm³/mol. The topological polar surface area (TPSA) is 121 Å². The first-order valence-corrected chi connectivity index (χ1v) is 10.5. The molecule has 1 fully saturated rings. The molecule has 0 saturated heterocycles. The van der Waals surface area contributed by atoms with Crippen LogP contribution in [0.3, 0.4) is 0 Å². The Morgan fingerprint density at radius 2 is 2.13 bits per heavy atom. The van der Waals surface area contributed by atoms with Crippen molar-refractivity contribution in [2.45, 2.75) is 45.3 Å². The van der Waals surface area contributed by atoms with Crippen molar-refractivity contribution in [1.29, 1.82) is 0 Å². The van der Waals surface area contributed by atoms with Gasteiger partial charge in [0.15, 0.2) is 0 Å². The fourth-order valence-corrected chi connectivity index (χ4v) is 4.03. The van der Waals surface area contributed by atoms with Gasteiger partial charge in [0, 0.05) is 7.05 Å². The largest absolute Gasteiger partial charge is 0.489 e. The van der Waals surface area contributed by atoms with Crippen LogP contribution in [0.2, 0.25) is 0 Å². The van der Waals surface area contributed by atoms with Gasteiger partial charge in [0.05, 0.1) is 41.8 Å². The van der Waals surface area contributed by atoms with Crippen molar-refractivity contribution in [3.8, 4) is 17.1 Å². The van der Waals surface area contributed by atoms with Crippen LogP contribution in [0, 0.1) is 12.8 Å². The molecule has 3 aromatic heterocycles. The molecule has 30 heavy (non-hydrogen) atoms. The maximum Gasteiger partial charge on any atom is 0.306 e. The second-order valence-corrected chi connectivity index (χ2v) is 8.28. The molecule has 2 atom stereocenters. The monoisotopic (exact) mass is 475 g/mol. The van der Waals surface area contributed by atoms with Gasteiger partial charge in [-0.05, 0) is 60.7 Å². The minimum atomic E-state index is -0.747. The Bertz CT molecular complexity index is 1060. The van der Waals surface area contributed by atoms with E-state index < -0.39 is 5.97 Å². The molecular weight excluding hydrogens is 454 g/mol. The van der Waals surface area contributed by atoms with E-state index in [1.165, 1.54) is 0 Å². The summed E-state index contributed by atoms with van der Waals surface area (Å²) in [5, 5.41) is 25.7. The number of carboxylic acid groups (broad SMARTS) is 1. The molecule has 3 heterocycles. The molecule has 0 aromatic carbocycles. The molecule has 10 nitrogen and oxygen atoms in total. The lowest BCUT2D eigenvalue weighted by atomic mass is 9.87. The van der Waals surface area contributed by atoms with Crippen LogP contribution < -0.4 is 4.74 Å². The third-order valence-electron chi connectivity index (χ3n) is 5.31. The normalized spacial score (nSPS) is 19.0. The number of aryl methyl sites for hydroxylation is 2. The number of nitrogens with zero attached hydrogens (tertiary/aromatic N) is 7. The average Bonchev–Trinajstić information content (AvgIpc) is 3.29. The van der Waals surface area contributed by atoms with Crippen molar-refractivity contribution in [2.75, 3.05) is 0 Å². The number of aromatic nitrogens is 7. The lowest BCUT2D eigenvalue weighted by Crippen LogP contribution is -2.29. The van der Waals surface area contributed by atoms with Gasteiger partial charge in [-0.15, -0.1) is 10.2 Å². The van der Waals surface area contributed by atoms with E-state index in [4.69, 9.17) is 4.74 Å². The van der Waals surface area contributed by atoms with Crippen molar-refractivity contribution >= 4 is 21.9 Å². The van der Waals surface area contributed by atoms with Crippen molar-refractivity contribution in [3.05, 3.63) is 34.3 Å². The molecule has 0 aliphatic heterocycles. The summed E-state index contributed by atoms with van der Waals surface area (Å²) in [6.07, 6.45) is 4.62. The maximum absolute atomic E-state index is 11.3. The van der Waals surface area contributed by atoms with E-state index in [1.54, 1.807) is 15.6 Å². The van der Waals surface area contributed by atoms with Crippen LogP contribution in [0.4, 0.5) is 0 Å². The number of ether oxygens (including phenoxy) is 1. The Morgan fingerprint density at radius 3 is 2.83 bits per heavy atom. The van der Waals surface area contributed by atoms with E-state index in [0.717, 1.165) is 24.2 Å². The first-order valence-electron chi connectivity index (χ1n) is 9.72. The molecule has 0 spiro atoms.